The van der Waals surface area contributed by atoms with Crippen LogP contribution in [0.4, 0.5) is 0 Å². The third-order valence-electron chi connectivity index (χ3n) is 4.08. The van der Waals surface area contributed by atoms with E-state index >= 15 is 0 Å². The lowest BCUT2D eigenvalue weighted by atomic mass is 9.83. The molecule has 0 atom stereocenters. The van der Waals surface area contributed by atoms with E-state index in [0.717, 1.165) is 0 Å². The fourth-order valence-corrected chi connectivity index (χ4v) is 2.97. The number of nitrogens with zero attached hydrogens (tertiary/aromatic N) is 1. The van der Waals surface area contributed by atoms with Gasteiger partial charge in [0, 0.05) is 30.8 Å². The van der Waals surface area contributed by atoms with Gasteiger partial charge < -0.3 is 9.64 Å². The first-order chi connectivity index (χ1) is 12.3. The zero-order valence-corrected chi connectivity index (χ0v) is 14.8. The molecule has 0 unspecified atom stereocenters. The smallest absolute Gasteiger partial charge is 0.340 e. The van der Waals surface area contributed by atoms with Crippen molar-refractivity contribution < 1.29 is 23.9 Å². The Morgan fingerprint density at radius 3 is 2.19 bits per heavy atom. The van der Waals surface area contributed by atoms with Crippen LogP contribution in [0.15, 0.2) is 36.4 Å². The Bertz CT molecular complexity index is 964. The second kappa shape index (κ2) is 6.72. The van der Waals surface area contributed by atoms with E-state index in [1.807, 2.05) is 0 Å². The van der Waals surface area contributed by atoms with Crippen molar-refractivity contribution in [1.82, 2.24) is 4.90 Å². The summed E-state index contributed by atoms with van der Waals surface area (Å²) in [6.07, 6.45) is 0. The van der Waals surface area contributed by atoms with E-state index in [1.54, 1.807) is 18.2 Å². The van der Waals surface area contributed by atoms with E-state index in [4.69, 9.17) is 16.3 Å². The summed E-state index contributed by atoms with van der Waals surface area (Å²) in [7, 11) is 3.06. The summed E-state index contributed by atoms with van der Waals surface area (Å²) in [5.74, 6) is -2.00. The molecule has 0 aliphatic heterocycles. The highest BCUT2D eigenvalue weighted by atomic mass is 35.5. The molecule has 0 heterocycles. The van der Waals surface area contributed by atoms with Crippen molar-refractivity contribution in [2.45, 2.75) is 0 Å². The summed E-state index contributed by atoms with van der Waals surface area (Å²) in [6, 6.07) is 9.12. The van der Waals surface area contributed by atoms with Gasteiger partial charge in [-0.05, 0) is 12.1 Å². The van der Waals surface area contributed by atoms with Crippen LogP contribution in [-0.4, -0.2) is 49.0 Å². The van der Waals surface area contributed by atoms with Gasteiger partial charge in [-0.15, -0.1) is 0 Å². The van der Waals surface area contributed by atoms with Crippen LogP contribution < -0.4 is 0 Å². The highest BCUT2D eigenvalue weighted by Crippen LogP contribution is 2.34. The van der Waals surface area contributed by atoms with E-state index < -0.39 is 24.3 Å². The normalized spacial score (nSPS) is 12.3. The predicted octanol–water partition coefficient (Wildman–Crippen LogP) is 2.36. The quantitative estimate of drug-likeness (QED) is 0.660. The summed E-state index contributed by atoms with van der Waals surface area (Å²) in [6.45, 7) is -0.449. The average molecular weight is 372 g/mol. The van der Waals surface area contributed by atoms with Crippen LogP contribution in [0.1, 0.15) is 42.2 Å². The lowest BCUT2D eigenvalue weighted by Gasteiger charge is -2.19. The van der Waals surface area contributed by atoms with Crippen LogP contribution in [0.5, 0.6) is 0 Å². The average Bonchev–Trinajstić information content (AvgIpc) is 2.63. The summed E-state index contributed by atoms with van der Waals surface area (Å²) in [5.41, 5.74) is 0.578. The van der Waals surface area contributed by atoms with Gasteiger partial charge in [0.15, 0.2) is 18.2 Å². The molecule has 132 valence electrons. The van der Waals surface area contributed by atoms with E-state index in [2.05, 4.69) is 0 Å². The number of rotatable bonds is 3. The number of ether oxygens (including phenoxy) is 1. The molecule has 0 aromatic heterocycles. The topological polar surface area (TPSA) is 80.8 Å². The maximum atomic E-state index is 12.8. The molecule has 0 fully saturated rings. The summed E-state index contributed by atoms with van der Waals surface area (Å²) in [5, 5.41) is -0.155. The van der Waals surface area contributed by atoms with E-state index in [1.165, 1.54) is 37.2 Å². The molecule has 0 radical (unpaired) electrons. The maximum Gasteiger partial charge on any atom is 0.340 e. The van der Waals surface area contributed by atoms with Crippen molar-refractivity contribution in [3.05, 3.63) is 69.2 Å². The van der Waals surface area contributed by atoms with Gasteiger partial charge in [0.25, 0.3) is 5.91 Å². The Labute approximate surface area is 154 Å². The second-order valence-corrected chi connectivity index (χ2v) is 6.30. The standard InChI is InChI=1S/C19H14ClNO5/c1-21(2)14(22)9-26-19(25)13-8-7-12-15(16(13)20)18(24)11-6-4-3-5-10(11)17(12)23/h3-8H,9H2,1-2H3. The third-order valence-corrected chi connectivity index (χ3v) is 4.47. The molecule has 6 nitrogen and oxygen atoms in total. The van der Waals surface area contributed by atoms with Gasteiger partial charge in [0.05, 0.1) is 16.1 Å². The minimum Gasteiger partial charge on any atom is -0.452 e. The van der Waals surface area contributed by atoms with Crippen LogP contribution in [0.3, 0.4) is 0 Å². The molecule has 0 bridgehead atoms. The number of ketones is 2. The van der Waals surface area contributed by atoms with Crippen LogP contribution in [0, 0.1) is 0 Å². The lowest BCUT2D eigenvalue weighted by Crippen LogP contribution is -2.28. The monoisotopic (exact) mass is 371 g/mol. The van der Waals surface area contributed by atoms with Gasteiger partial charge in [-0.25, -0.2) is 4.79 Å². The number of hydrogen-bond acceptors (Lipinski definition) is 5. The number of carbonyl (C=O) groups excluding carboxylic acids is 4. The molecule has 1 amide bonds. The van der Waals surface area contributed by atoms with E-state index in [-0.39, 0.29) is 33.1 Å². The minimum atomic E-state index is -0.841. The van der Waals surface area contributed by atoms with Crippen LogP contribution in [0.25, 0.3) is 0 Å². The van der Waals surface area contributed by atoms with Gasteiger partial charge in [-0.1, -0.05) is 35.9 Å². The number of benzene rings is 2. The second-order valence-electron chi connectivity index (χ2n) is 5.92. The number of fused-ring (bicyclic) bond motifs is 2. The minimum absolute atomic E-state index is 0.0243. The molecular formula is C19H14ClNO5. The SMILES string of the molecule is CN(C)C(=O)COC(=O)c1ccc2c(c1Cl)C(=O)c1ccccc1C2=O. The number of esters is 1. The third kappa shape index (κ3) is 2.88. The molecular weight excluding hydrogens is 358 g/mol. The molecule has 3 rings (SSSR count). The van der Waals surface area contributed by atoms with Crippen LogP contribution in [0.2, 0.25) is 5.02 Å². The zero-order valence-electron chi connectivity index (χ0n) is 14.0. The van der Waals surface area contributed by atoms with Gasteiger partial charge >= 0.3 is 5.97 Å². The number of halogens is 1. The Morgan fingerprint density at radius 2 is 1.58 bits per heavy atom. The zero-order chi connectivity index (χ0) is 19.0. The van der Waals surface area contributed by atoms with Crippen LogP contribution in [-0.2, 0) is 9.53 Å². The molecule has 0 N–H and O–H groups in total. The maximum absolute atomic E-state index is 12.8. The molecule has 0 spiro atoms. The van der Waals surface area contributed by atoms with Crippen molar-refractivity contribution in [3.8, 4) is 0 Å². The molecule has 0 saturated heterocycles. The molecule has 1 aliphatic rings. The van der Waals surface area contributed by atoms with Crippen molar-refractivity contribution in [2.24, 2.45) is 0 Å². The molecule has 2 aromatic rings. The lowest BCUT2D eigenvalue weighted by molar-refractivity contribution is -0.131. The first kappa shape index (κ1) is 17.8. The Balaban J connectivity index is 1.98. The highest BCUT2D eigenvalue weighted by Gasteiger charge is 2.33. The fraction of sp³-hybridized carbons (Fsp3) is 0.158. The molecule has 26 heavy (non-hydrogen) atoms. The van der Waals surface area contributed by atoms with Crippen molar-refractivity contribution in [2.75, 3.05) is 20.7 Å². The molecule has 0 saturated carbocycles. The first-order valence-corrected chi connectivity index (χ1v) is 8.09. The Morgan fingerprint density at radius 1 is 0.962 bits per heavy atom. The summed E-state index contributed by atoms with van der Waals surface area (Å²) < 4.78 is 4.94. The van der Waals surface area contributed by atoms with E-state index in [0.29, 0.717) is 5.56 Å². The van der Waals surface area contributed by atoms with E-state index in [9.17, 15) is 19.2 Å². The number of amides is 1. The number of carbonyl (C=O) groups is 4. The summed E-state index contributed by atoms with van der Waals surface area (Å²) >= 11 is 6.26. The molecule has 2 aromatic carbocycles. The van der Waals surface area contributed by atoms with Gasteiger partial charge in [0.1, 0.15) is 0 Å². The molecule has 7 heteroatoms. The highest BCUT2D eigenvalue weighted by molar-refractivity contribution is 6.41. The largest absolute Gasteiger partial charge is 0.452 e. The van der Waals surface area contributed by atoms with Gasteiger partial charge in [0.2, 0.25) is 0 Å². The van der Waals surface area contributed by atoms with Crippen molar-refractivity contribution >= 4 is 35.0 Å². The fourth-order valence-electron chi connectivity index (χ4n) is 2.64. The predicted molar refractivity (Wildman–Crippen MR) is 93.7 cm³/mol. The van der Waals surface area contributed by atoms with Crippen molar-refractivity contribution in [1.29, 1.82) is 0 Å². The Hall–Kier alpha value is -2.99. The van der Waals surface area contributed by atoms with Crippen LogP contribution >= 0.6 is 11.6 Å². The van der Waals surface area contributed by atoms with Crippen molar-refractivity contribution in [3.63, 3.8) is 0 Å². The van der Waals surface area contributed by atoms with Gasteiger partial charge in [-0.3, -0.25) is 14.4 Å². The number of likely N-dealkylation sites (N-methyl/N-ethyl adjacent to an activating group) is 1. The Kier molecular flexibility index (Phi) is 4.61. The molecule has 1 aliphatic carbocycles. The number of hydrogen-bond donors (Lipinski definition) is 0. The first-order valence-electron chi connectivity index (χ1n) is 7.71. The summed E-state index contributed by atoms with van der Waals surface area (Å²) in [4.78, 5) is 50.4. The van der Waals surface area contributed by atoms with Gasteiger partial charge in [-0.2, -0.15) is 0 Å².